The second kappa shape index (κ2) is 28.3. The van der Waals surface area contributed by atoms with E-state index in [2.05, 4.69) is 38.4 Å². The zero-order chi connectivity index (χ0) is 60.2. The first kappa shape index (κ1) is 62.4. The van der Waals surface area contributed by atoms with Crippen molar-refractivity contribution in [2.24, 2.45) is 5.41 Å². The van der Waals surface area contributed by atoms with Gasteiger partial charge in [0.25, 0.3) is 11.8 Å². The minimum Gasteiger partial charge on any atom is -0.494 e. The Morgan fingerprint density at radius 3 is 2.25 bits per heavy atom. The number of pyridine rings is 1. The molecule has 8 rings (SSSR count). The first-order valence-electron chi connectivity index (χ1n) is 29.2. The zero-order valence-corrected chi connectivity index (χ0v) is 49.6. The van der Waals surface area contributed by atoms with Crippen LogP contribution in [0.15, 0.2) is 91.1 Å². The second-order valence-electron chi connectivity index (χ2n) is 23.1. The molecule has 3 aliphatic rings. The van der Waals surface area contributed by atoms with Gasteiger partial charge in [0, 0.05) is 63.0 Å². The molecular weight excluding hydrogens is 1100 g/mol. The summed E-state index contributed by atoms with van der Waals surface area (Å²) in [6.45, 7) is 11.3. The first-order valence-corrected chi connectivity index (χ1v) is 29.5. The summed E-state index contributed by atoms with van der Waals surface area (Å²) in [7, 11) is 1.69. The van der Waals surface area contributed by atoms with E-state index in [1.54, 1.807) is 48.0 Å². The predicted octanol–water partition coefficient (Wildman–Crippen LogP) is 9.67. The molecule has 3 heterocycles. The molecule has 5 aromatic rings. The number of nitrogens with one attached hydrogen (secondary N) is 4. The lowest BCUT2D eigenvalue weighted by molar-refractivity contribution is -0.147. The van der Waals surface area contributed by atoms with Gasteiger partial charge in [-0.15, -0.1) is 0 Å². The molecule has 1 saturated heterocycles. The molecule has 17 nitrogen and oxygen atoms in total. The quantitative estimate of drug-likeness (QED) is 0.0325. The van der Waals surface area contributed by atoms with Gasteiger partial charge in [-0.1, -0.05) is 88.4 Å². The largest absolute Gasteiger partial charge is 0.494 e. The van der Waals surface area contributed by atoms with E-state index < -0.39 is 52.7 Å². The number of aromatic nitrogens is 1. The van der Waals surface area contributed by atoms with Crippen LogP contribution < -0.4 is 36.5 Å². The predicted molar refractivity (Wildman–Crippen MR) is 318 cm³/mol. The highest BCUT2D eigenvalue weighted by Gasteiger charge is 2.43. The van der Waals surface area contributed by atoms with Gasteiger partial charge in [0.15, 0.2) is 17.4 Å². The van der Waals surface area contributed by atoms with Crippen LogP contribution in [0.3, 0.4) is 0 Å². The summed E-state index contributed by atoms with van der Waals surface area (Å²) >= 11 is 5.85. The normalized spacial score (nSPS) is 17.0. The van der Waals surface area contributed by atoms with Crippen molar-refractivity contribution in [2.45, 2.75) is 142 Å². The summed E-state index contributed by atoms with van der Waals surface area (Å²) < 4.78 is 41.1. The molecule has 0 bridgehead atoms. The highest BCUT2D eigenvalue weighted by Crippen LogP contribution is 2.35. The third kappa shape index (κ3) is 15.6. The van der Waals surface area contributed by atoms with Crippen LogP contribution >= 0.6 is 11.6 Å². The van der Waals surface area contributed by atoms with Gasteiger partial charge in [-0.25, -0.2) is 13.8 Å². The lowest BCUT2D eigenvalue weighted by Crippen LogP contribution is -2.62. The van der Waals surface area contributed by atoms with Crippen molar-refractivity contribution in [1.29, 1.82) is 0 Å². The van der Waals surface area contributed by atoms with E-state index in [1.165, 1.54) is 24.8 Å². The van der Waals surface area contributed by atoms with Crippen molar-refractivity contribution in [2.75, 3.05) is 50.9 Å². The minimum atomic E-state index is -1.16. The van der Waals surface area contributed by atoms with Gasteiger partial charge in [-0.2, -0.15) is 0 Å². The fourth-order valence-electron chi connectivity index (χ4n) is 11.0. The van der Waals surface area contributed by atoms with Crippen molar-refractivity contribution < 1.29 is 47.0 Å². The molecule has 448 valence electrons. The summed E-state index contributed by atoms with van der Waals surface area (Å²) in [4.78, 5) is 91.3. The van der Waals surface area contributed by atoms with E-state index in [4.69, 9.17) is 26.8 Å². The number of nitrogens with two attached hydrogens (primary N) is 1. The van der Waals surface area contributed by atoms with Crippen molar-refractivity contribution in [3.63, 3.8) is 0 Å². The van der Waals surface area contributed by atoms with Crippen LogP contribution in [0.4, 0.5) is 20.3 Å². The maximum absolute atomic E-state index is 14.7. The molecule has 84 heavy (non-hydrogen) atoms. The Morgan fingerprint density at radius 1 is 0.821 bits per heavy atom. The number of rotatable bonds is 22. The first-order chi connectivity index (χ1) is 40.2. The molecule has 1 aliphatic carbocycles. The maximum atomic E-state index is 14.7. The van der Waals surface area contributed by atoms with E-state index in [0.29, 0.717) is 62.6 Å². The number of amides is 6. The molecule has 4 aromatic carbocycles. The number of carbonyl (C=O) groups excluding carboxylic acids is 6. The highest BCUT2D eigenvalue weighted by molar-refractivity contribution is 6.30. The minimum absolute atomic E-state index is 0.0596. The second-order valence-corrected chi connectivity index (χ2v) is 23.5. The topological polar surface area (TPSA) is 218 Å². The van der Waals surface area contributed by atoms with Crippen molar-refractivity contribution in [3.8, 4) is 11.5 Å². The Balaban J connectivity index is 0.742. The summed E-state index contributed by atoms with van der Waals surface area (Å²) in [5, 5.41) is 11.7. The molecule has 1 fully saturated rings. The van der Waals surface area contributed by atoms with Crippen LogP contribution in [0.1, 0.15) is 153 Å². The van der Waals surface area contributed by atoms with Crippen LogP contribution in [0.2, 0.25) is 5.02 Å². The number of halogens is 3. The number of hydrogen-bond acceptors (Lipinski definition) is 11. The van der Waals surface area contributed by atoms with Crippen LogP contribution in [-0.4, -0.2) is 113 Å². The van der Waals surface area contributed by atoms with Crippen molar-refractivity contribution in [1.82, 2.24) is 35.6 Å². The molecule has 0 unspecified atom stereocenters. The van der Waals surface area contributed by atoms with Gasteiger partial charge in [0.2, 0.25) is 23.6 Å². The van der Waals surface area contributed by atoms with E-state index in [0.717, 1.165) is 86.6 Å². The molecule has 6 amide bonds. The number of nitrogen functional groups attached to an aromatic ring is 1. The number of aryl methyl sites for hydroxylation is 1. The van der Waals surface area contributed by atoms with E-state index in [9.17, 15) is 37.5 Å². The van der Waals surface area contributed by atoms with Gasteiger partial charge >= 0.3 is 0 Å². The van der Waals surface area contributed by atoms with E-state index in [-0.39, 0.29) is 64.3 Å². The van der Waals surface area contributed by atoms with Crippen LogP contribution in [0.5, 0.6) is 11.5 Å². The SMILES string of the molecule is CN[C@@H](C)C(=O)N[C@H](C(=O)N1Cc2cc(OCCCCCCCCC(=O)N3CCN(C(=O)c4ccc(NC(=O)c5cnc(N)c(O[C@H](C)c6c(F)ccc(Cl)c6F)c5)cc4)CC3)ccc2C[C@H]1C(=O)N[C@@H]1CCCc2ccccc21)C(C)(C)C. The average molecular weight is 1170 g/mol. The molecule has 5 atom stereocenters. The highest BCUT2D eigenvalue weighted by atomic mass is 35.5. The van der Waals surface area contributed by atoms with Gasteiger partial charge in [-0.3, -0.25) is 28.8 Å². The third-order valence-electron chi connectivity index (χ3n) is 16.1. The molecule has 6 N–H and O–H groups in total. The number of nitrogens with zero attached hydrogens (tertiary/aromatic N) is 4. The summed E-state index contributed by atoms with van der Waals surface area (Å²) in [6.07, 6.45) is 9.06. The lowest BCUT2D eigenvalue weighted by atomic mass is 9.83. The standard InChI is InChI=1S/C64H78ClF2N9O8/c1-39(69-6)59(78)73-57(64(3,4)5)63(82)76-38-45-34-47(26-23-43(45)35-52(76)61(80)72-51-19-15-17-41-16-12-13-18-48(41)51)83-33-14-10-8-7-9-11-20-54(77)74-29-31-75(32-30-74)62(81)42-21-24-46(25-22-42)71-60(79)44-36-53(58(68)70-37-44)84-40(2)55-50(66)28-27-49(65)56(55)67/h12-13,16,18,21-28,34,36-37,39-40,51-52,57,69H,7-11,14-15,17,19-20,29-33,35,38H2,1-6H3,(H2,68,70)(H,71,79)(H,72,80)(H,73,78)/t39-,40+,51+,52-,57+/m0/s1. The summed E-state index contributed by atoms with van der Waals surface area (Å²) in [6, 6.07) is 21.6. The van der Waals surface area contributed by atoms with E-state index >= 15 is 0 Å². The van der Waals surface area contributed by atoms with Gasteiger partial charge in [0.1, 0.15) is 29.8 Å². The molecular formula is C64H78ClF2N9O8. The fourth-order valence-corrected chi connectivity index (χ4v) is 11.2. The summed E-state index contributed by atoms with van der Waals surface area (Å²) in [5.74, 6) is -2.78. The van der Waals surface area contributed by atoms with Crippen molar-refractivity contribution in [3.05, 3.63) is 147 Å². The van der Waals surface area contributed by atoms with Crippen molar-refractivity contribution >= 4 is 58.5 Å². The van der Waals surface area contributed by atoms with Crippen LogP contribution in [0.25, 0.3) is 0 Å². The number of benzene rings is 4. The van der Waals surface area contributed by atoms with Gasteiger partial charge in [0.05, 0.1) is 34.8 Å². The molecule has 2 aliphatic heterocycles. The van der Waals surface area contributed by atoms with Gasteiger partial charge in [-0.05, 0) is 135 Å². The Kier molecular flexibility index (Phi) is 21.0. The molecule has 0 spiro atoms. The molecule has 0 radical (unpaired) electrons. The third-order valence-corrected chi connectivity index (χ3v) is 16.4. The number of ether oxygens (including phenoxy) is 2. The number of likely N-dealkylation sites (N-methyl/N-ethyl adjacent to an activating group) is 1. The number of hydrogen-bond donors (Lipinski definition) is 5. The smallest absolute Gasteiger partial charge is 0.257 e. The molecule has 0 saturated carbocycles. The van der Waals surface area contributed by atoms with Crippen LogP contribution in [0, 0.1) is 17.0 Å². The number of fused-ring (bicyclic) bond motifs is 2. The fraction of sp³-hybridized carbons (Fsp3) is 0.453. The van der Waals surface area contributed by atoms with Crippen LogP contribution in [-0.2, 0) is 38.6 Å². The Bertz CT molecular complexity index is 3190. The lowest BCUT2D eigenvalue weighted by Gasteiger charge is -2.41. The number of piperazine rings is 1. The zero-order valence-electron chi connectivity index (χ0n) is 48.8. The Labute approximate surface area is 495 Å². The number of carbonyl (C=O) groups is 6. The van der Waals surface area contributed by atoms with Gasteiger partial charge < -0.3 is 51.2 Å². The summed E-state index contributed by atoms with van der Waals surface area (Å²) in [5.41, 5.74) is 10.0. The molecule has 20 heteroatoms. The monoisotopic (exact) mass is 1170 g/mol. The number of unbranched alkanes of at least 4 members (excludes halogenated alkanes) is 5. The maximum Gasteiger partial charge on any atom is 0.257 e. The number of anilines is 2. The Morgan fingerprint density at radius 2 is 1.52 bits per heavy atom. The Hall–Kier alpha value is -7.64. The average Bonchev–Trinajstić information content (AvgIpc) is 1.74. The molecule has 1 aromatic heterocycles. The van der Waals surface area contributed by atoms with E-state index in [1.807, 2.05) is 56.0 Å².